The van der Waals surface area contributed by atoms with Crippen molar-refractivity contribution < 1.29 is 10.3 Å². The molecule has 1 aliphatic rings. The van der Waals surface area contributed by atoms with Crippen molar-refractivity contribution >= 4 is 34.7 Å². The Hall–Kier alpha value is -2.86. The number of amidine groups is 1. The summed E-state index contributed by atoms with van der Waals surface area (Å²) in [7, 11) is 0. The SMILES string of the molecule is Cc1cc(C2C(c3ccccc3)=NN=C(c3ccc(Cl)cc3Cl)N2O)cc(C)c1O. The molecule has 0 amide bonds. The number of halogens is 2. The fourth-order valence-corrected chi connectivity index (χ4v) is 4.05. The Morgan fingerprint density at radius 3 is 2.20 bits per heavy atom. The molecule has 0 saturated carbocycles. The lowest BCUT2D eigenvalue weighted by Gasteiger charge is -2.33. The third-order valence-electron chi connectivity index (χ3n) is 5.04. The molecule has 0 radical (unpaired) electrons. The van der Waals surface area contributed by atoms with E-state index in [2.05, 4.69) is 10.2 Å². The molecule has 4 rings (SSSR count). The molecular weight excluding hydrogens is 421 g/mol. The molecule has 3 aromatic carbocycles. The van der Waals surface area contributed by atoms with Crippen LogP contribution < -0.4 is 0 Å². The normalized spacial score (nSPS) is 16.3. The van der Waals surface area contributed by atoms with E-state index in [1.165, 1.54) is 0 Å². The first-order valence-electron chi connectivity index (χ1n) is 9.31. The largest absolute Gasteiger partial charge is 0.507 e. The molecule has 1 unspecified atom stereocenters. The summed E-state index contributed by atoms with van der Waals surface area (Å²) < 4.78 is 0. The van der Waals surface area contributed by atoms with Crippen molar-refractivity contribution in [2.75, 3.05) is 0 Å². The van der Waals surface area contributed by atoms with Crippen LogP contribution in [0.25, 0.3) is 0 Å². The van der Waals surface area contributed by atoms with Gasteiger partial charge < -0.3 is 5.11 Å². The molecule has 1 heterocycles. The standard InChI is InChI=1S/C23H19Cl2N3O2/c1-13-10-16(11-14(2)22(13)29)21-20(15-6-4-3-5-7-15)26-27-23(28(21)30)18-9-8-17(24)12-19(18)25/h3-12,21,29-30H,1-2H3. The van der Waals surface area contributed by atoms with Gasteiger partial charge in [-0.25, -0.2) is 5.06 Å². The highest BCUT2D eigenvalue weighted by Gasteiger charge is 2.34. The van der Waals surface area contributed by atoms with Crippen molar-refractivity contribution in [2.24, 2.45) is 10.2 Å². The molecule has 1 atom stereocenters. The summed E-state index contributed by atoms with van der Waals surface area (Å²) in [5.74, 6) is 0.441. The van der Waals surface area contributed by atoms with Crippen LogP contribution in [-0.4, -0.2) is 26.9 Å². The molecule has 30 heavy (non-hydrogen) atoms. The quantitative estimate of drug-likeness (QED) is 0.532. The molecule has 2 N–H and O–H groups in total. The summed E-state index contributed by atoms with van der Waals surface area (Å²) >= 11 is 12.4. The molecular formula is C23H19Cl2N3O2. The lowest BCUT2D eigenvalue weighted by molar-refractivity contribution is -0.0347. The van der Waals surface area contributed by atoms with Gasteiger partial charge >= 0.3 is 0 Å². The Bertz CT molecular complexity index is 1150. The predicted molar refractivity (Wildman–Crippen MR) is 120 cm³/mol. The van der Waals surface area contributed by atoms with E-state index in [1.54, 1.807) is 18.2 Å². The second-order valence-electron chi connectivity index (χ2n) is 7.15. The Balaban J connectivity index is 1.90. The van der Waals surface area contributed by atoms with E-state index in [4.69, 9.17) is 23.2 Å². The number of phenols is 1. The van der Waals surface area contributed by atoms with Crippen molar-refractivity contribution in [3.8, 4) is 5.75 Å². The number of rotatable bonds is 3. The molecule has 152 valence electrons. The summed E-state index contributed by atoms with van der Waals surface area (Å²) in [4.78, 5) is 0. The second kappa shape index (κ2) is 8.11. The van der Waals surface area contributed by atoms with Crippen LogP contribution in [0.1, 0.15) is 33.9 Å². The lowest BCUT2D eigenvalue weighted by atomic mass is 9.92. The number of hydrogen-bond donors (Lipinski definition) is 2. The molecule has 0 saturated heterocycles. The van der Waals surface area contributed by atoms with Gasteiger partial charge in [-0.2, -0.15) is 5.10 Å². The highest BCUT2D eigenvalue weighted by atomic mass is 35.5. The number of aryl methyl sites for hydroxylation is 2. The summed E-state index contributed by atoms with van der Waals surface area (Å²) in [5.41, 5.74) is 4.10. The van der Waals surface area contributed by atoms with E-state index in [9.17, 15) is 10.3 Å². The van der Waals surface area contributed by atoms with Gasteiger partial charge in [0.15, 0.2) is 5.84 Å². The summed E-state index contributed by atoms with van der Waals surface area (Å²) in [6.07, 6.45) is 0. The highest BCUT2D eigenvalue weighted by Crippen LogP contribution is 2.35. The van der Waals surface area contributed by atoms with E-state index in [1.807, 2.05) is 56.3 Å². The summed E-state index contributed by atoms with van der Waals surface area (Å²) in [5, 5.41) is 32.1. The van der Waals surface area contributed by atoms with Gasteiger partial charge in [-0.05, 0) is 60.9 Å². The minimum absolute atomic E-state index is 0.213. The molecule has 1 aliphatic heterocycles. The van der Waals surface area contributed by atoms with E-state index in [-0.39, 0.29) is 11.6 Å². The molecule has 3 aromatic rings. The van der Waals surface area contributed by atoms with Crippen LogP contribution in [0.5, 0.6) is 5.75 Å². The van der Waals surface area contributed by atoms with Crippen molar-refractivity contribution in [3.05, 3.63) is 98.5 Å². The van der Waals surface area contributed by atoms with Gasteiger partial charge in [0.25, 0.3) is 0 Å². The van der Waals surface area contributed by atoms with E-state index in [0.29, 0.717) is 32.4 Å². The first kappa shape index (κ1) is 20.4. The average Bonchev–Trinajstić information content (AvgIpc) is 2.72. The van der Waals surface area contributed by atoms with Crippen LogP contribution >= 0.6 is 23.2 Å². The molecule has 0 aliphatic carbocycles. The first-order chi connectivity index (χ1) is 14.4. The molecule has 0 fully saturated rings. The van der Waals surface area contributed by atoms with E-state index >= 15 is 0 Å². The predicted octanol–water partition coefficient (Wildman–Crippen LogP) is 5.91. The number of aromatic hydroxyl groups is 1. The average molecular weight is 440 g/mol. The Morgan fingerprint density at radius 1 is 0.900 bits per heavy atom. The number of hydrogen-bond acceptors (Lipinski definition) is 5. The van der Waals surface area contributed by atoms with E-state index < -0.39 is 6.04 Å². The van der Waals surface area contributed by atoms with Gasteiger partial charge in [0.2, 0.25) is 0 Å². The molecule has 0 spiro atoms. The molecule has 0 aromatic heterocycles. The Kier molecular flexibility index (Phi) is 5.52. The van der Waals surface area contributed by atoms with Crippen LogP contribution in [0.4, 0.5) is 0 Å². The van der Waals surface area contributed by atoms with Crippen LogP contribution in [0.3, 0.4) is 0 Å². The van der Waals surface area contributed by atoms with Crippen molar-refractivity contribution in [3.63, 3.8) is 0 Å². The van der Waals surface area contributed by atoms with Crippen molar-refractivity contribution in [1.82, 2.24) is 5.06 Å². The molecule has 7 heteroatoms. The second-order valence-corrected chi connectivity index (χ2v) is 7.99. The third-order valence-corrected chi connectivity index (χ3v) is 5.59. The van der Waals surface area contributed by atoms with Gasteiger partial charge in [0, 0.05) is 16.1 Å². The van der Waals surface area contributed by atoms with Crippen LogP contribution in [0.15, 0.2) is 70.9 Å². The third kappa shape index (κ3) is 3.67. The van der Waals surface area contributed by atoms with Gasteiger partial charge in [-0.1, -0.05) is 53.5 Å². The van der Waals surface area contributed by atoms with Crippen LogP contribution in [-0.2, 0) is 0 Å². The summed E-state index contributed by atoms with van der Waals surface area (Å²) in [6.45, 7) is 3.64. The fourth-order valence-electron chi connectivity index (χ4n) is 3.56. The van der Waals surface area contributed by atoms with Gasteiger partial charge in [0.1, 0.15) is 11.8 Å². The maximum absolute atomic E-state index is 11.3. The van der Waals surface area contributed by atoms with Crippen molar-refractivity contribution in [1.29, 1.82) is 0 Å². The minimum Gasteiger partial charge on any atom is -0.507 e. The van der Waals surface area contributed by atoms with E-state index in [0.717, 1.165) is 16.2 Å². The number of hydroxylamine groups is 2. The number of nitrogens with zero attached hydrogens (tertiary/aromatic N) is 3. The molecule has 0 bridgehead atoms. The molecule has 5 nitrogen and oxygen atoms in total. The van der Waals surface area contributed by atoms with Crippen LogP contribution in [0, 0.1) is 13.8 Å². The number of benzene rings is 3. The summed E-state index contributed by atoms with van der Waals surface area (Å²) in [6, 6.07) is 17.5. The van der Waals surface area contributed by atoms with Gasteiger partial charge in [-0.15, -0.1) is 5.10 Å². The zero-order valence-corrected chi connectivity index (χ0v) is 17.9. The van der Waals surface area contributed by atoms with Crippen molar-refractivity contribution in [2.45, 2.75) is 19.9 Å². The Morgan fingerprint density at radius 2 is 1.57 bits per heavy atom. The van der Waals surface area contributed by atoms with Crippen LogP contribution in [0.2, 0.25) is 10.0 Å². The maximum atomic E-state index is 11.3. The minimum atomic E-state index is -0.648. The Labute approximate surface area is 184 Å². The number of phenolic OH excluding ortho intramolecular Hbond substituents is 1. The fraction of sp³-hybridized carbons (Fsp3) is 0.130. The monoisotopic (exact) mass is 439 g/mol. The maximum Gasteiger partial charge on any atom is 0.184 e. The first-order valence-corrected chi connectivity index (χ1v) is 10.1. The lowest BCUT2D eigenvalue weighted by Crippen LogP contribution is -2.40. The smallest absolute Gasteiger partial charge is 0.184 e. The topological polar surface area (TPSA) is 68.4 Å². The zero-order valence-electron chi connectivity index (χ0n) is 16.3. The zero-order chi connectivity index (χ0) is 21.4. The van der Waals surface area contributed by atoms with Gasteiger partial charge in [-0.3, -0.25) is 5.21 Å². The highest BCUT2D eigenvalue weighted by molar-refractivity contribution is 6.37. The van der Waals surface area contributed by atoms with Gasteiger partial charge in [0.05, 0.1) is 10.7 Å².